The fourth-order valence-electron chi connectivity index (χ4n) is 2.87. The van der Waals surface area contributed by atoms with Gasteiger partial charge in [-0.25, -0.2) is 0 Å². The minimum Gasteiger partial charge on any atom is -0.374 e. The molecule has 2 rings (SSSR count). The van der Waals surface area contributed by atoms with Gasteiger partial charge in [0.25, 0.3) is 0 Å². The molecular formula is C13H26N2O. The maximum absolute atomic E-state index is 5.78. The van der Waals surface area contributed by atoms with Crippen molar-refractivity contribution in [1.82, 2.24) is 10.6 Å². The van der Waals surface area contributed by atoms with Crippen molar-refractivity contribution >= 4 is 0 Å². The van der Waals surface area contributed by atoms with Gasteiger partial charge in [0.1, 0.15) is 0 Å². The summed E-state index contributed by atoms with van der Waals surface area (Å²) < 4.78 is 5.78. The van der Waals surface area contributed by atoms with Crippen molar-refractivity contribution < 1.29 is 4.74 Å². The molecule has 2 unspecified atom stereocenters. The van der Waals surface area contributed by atoms with E-state index in [-0.39, 0.29) is 5.60 Å². The molecule has 2 atom stereocenters. The Bertz CT molecular complexity index is 218. The first-order valence-corrected chi connectivity index (χ1v) is 6.67. The number of hydrogen-bond donors (Lipinski definition) is 2. The van der Waals surface area contributed by atoms with E-state index in [4.69, 9.17) is 4.74 Å². The van der Waals surface area contributed by atoms with E-state index in [9.17, 15) is 0 Å². The zero-order valence-electron chi connectivity index (χ0n) is 10.8. The van der Waals surface area contributed by atoms with E-state index in [2.05, 4.69) is 24.5 Å². The summed E-state index contributed by atoms with van der Waals surface area (Å²) in [4.78, 5) is 0. The van der Waals surface area contributed by atoms with Crippen LogP contribution in [-0.4, -0.2) is 38.4 Å². The predicted molar refractivity (Wildman–Crippen MR) is 66.7 cm³/mol. The second kappa shape index (κ2) is 5.03. The molecule has 0 saturated carbocycles. The van der Waals surface area contributed by atoms with Crippen LogP contribution in [0.25, 0.3) is 0 Å². The Morgan fingerprint density at radius 3 is 2.69 bits per heavy atom. The van der Waals surface area contributed by atoms with E-state index >= 15 is 0 Å². The lowest BCUT2D eigenvalue weighted by molar-refractivity contribution is 0.0185. The number of ether oxygens (including phenoxy) is 1. The molecule has 2 aliphatic heterocycles. The summed E-state index contributed by atoms with van der Waals surface area (Å²) in [6, 6.07) is 0. The lowest BCUT2D eigenvalue weighted by atomic mass is 9.82. The largest absolute Gasteiger partial charge is 0.374 e. The molecule has 2 heterocycles. The fraction of sp³-hybridized carbons (Fsp3) is 1.00. The fourth-order valence-corrected chi connectivity index (χ4v) is 2.87. The smallest absolute Gasteiger partial charge is 0.0779 e. The number of nitrogens with one attached hydrogen (secondary N) is 2. The zero-order valence-corrected chi connectivity index (χ0v) is 10.8. The molecule has 0 aromatic heterocycles. The van der Waals surface area contributed by atoms with Crippen LogP contribution in [0, 0.1) is 5.41 Å². The zero-order chi connectivity index (χ0) is 11.5. The third-order valence-corrected chi connectivity index (χ3v) is 4.04. The minimum absolute atomic E-state index is 0.0957. The Labute approximate surface area is 99.3 Å². The lowest BCUT2D eigenvalue weighted by Gasteiger charge is -2.35. The van der Waals surface area contributed by atoms with Crippen molar-refractivity contribution in [2.45, 2.75) is 45.1 Å². The van der Waals surface area contributed by atoms with Crippen molar-refractivity contribution in [2.75, 3.05) is 32.8 Å². The van der Waals surface area contributed by atoms with Crippen LogP contribution in [0.4, 0.5) is 0 Å². The highest BCUT2D eigenvalue weighted by molar-refractivity contribution is 4.87. The van der Waals surface area contributed by atoms with E-state index in [0.29, 0.717) is 5.41 Å². The summed E-state index contributed by atoms with van der Waals surface area (Å²) in [5, 5.41) is 7.11. The maximum atomic E-state index is 5.78. The molecule has 2 aliphatic rings. The molecule has 16 heavy (non-hydrogen) atoms. The number of hydrogen-bond acceptors (Lipinski definition) is 3. The molecule has 2 saturated heterocycles. The molecule has 3 nitrogen and oxygen atoms in total. The van der Waals surface area contributed by atoms with Crippen molar-refractivity contribution in [2.24, 2.45) is 5.41 Å². The monoisotopic (exact) mass is 226 g/mol. The first-order chi connectivity index (χ1) is 7.62. The van der Waals surface area contributed by atoms with Crippen LogP contribution in [0.1, 0.15) is 39.5 Å². The topological polar surface area (TPSA) is 33.3 Å². The highest BCUT2D eigenvalue weighted by atomic mass is 16.5. The quantitative estimate of drug-likeness (QED) is 0.763. The molecule has 0 aliphatic carbocycles. The summed E-state index contributed by atoms with van der Waals surface area (Å²) in [6.45, 7) is 10.0. The Balaban J connectivity index is 1.70. The first-order valence-electron chi connectivity index (χ1n) is 6.67. The first kappa shape index (κ1) is 12.3. The van der Waals surface area contributed by atoms with Gasteiger partial charge in [0.2, 0.25) is 0 Å². The van der Waals surface area contributed by atoms with E-state index in [1.54, 1.807) is 0 Å². The van der Waals surface area contributed by atoms with Crippen LogP contribution in [-0.2, 0) is 4.74 Å². The van der Waals surface area contributed by atoms with Gasteiger partial charge in [0.15, 0.2) is 0 Å². The number of piperidine rings is 1. The van der Waals surface area contributed by atoms with E-state index in [0.717, 1.165) is 26.2 Å². The molecule has 0 amide bonds. The van der Waals surface area contributed by atoms with Crippen LogP contribution in [0.3, 0.4) is 0 Å². The van der Waals surface area contributed by atoms with Crippen molar-refractivity contribution in [1.29, 1.82) is 0 Å². The maximum Gasteiger partial charge on any atom is 0.0779 e. The average Bonchev–Trinajstić information content (AvgIpc) is 2.66. The summed E-state index contributed by atoms with van der Waals surface area (Å²) in [6.07, 6.45) is 5.07. The molecule has 0 aromatic carbocycles. The van der Waals surface area contributed by atoms with Gasteiger partial charge in [-0.05, 0) is 44.6 Å². The van der Waals surface area contributed by atoms with E-state index in [1.165, 1.54) is 32.2 Å². The Morgan fingerprint density at radius 1 is 1.19 bits per heavy atom. The van der Waals surface area contributed by atoms with Crippen molar-refractivity contribution in [3.05, 3.63) is 0 Å². The van der Waals surface area contributed by atoms with E-state index in [1.807, 2.05) is 0 Å². The SMILES string of the molecule is CC1(CNCC2(C)CCCO2)CCCNC1. The van der Waals surface area contributed by atoms with Gasteiger partial charge in [-0.15, -0.1) is 0 Å². The average molecular weight is 226 g/mol. The molecule has 0 bridgehead atoms. The van der Waals surface area contributed by atoms with Crippen molar-refractivity contribution in [3.63, 3.8) is 0 Å². The van der Waals surface area contributed by atoms with Crippen LogP contribution >= 0.6 is 0 Å². The van der Waals surface area contributed by atoms with Gasteiger partial charge >= 0.3 is 0 Å². The molecule has 2 N–H and O–H groups in total. The normalized spacial score (nSPS) is 40.1. The van der Waals surface area contributed by atoms with Crippen LogP contribution < -0.4 is 10.6 Å². The summed E-state index contributed by atoms with van der Waals surface area (Å²) in [5.41, 5.74) is 0.533. The van der Waals surface area contributed by atoms with E-state index < -0.39 is 0 Å². The molecule has 2 fully saturated rings. The minimum atomic E-state index is 0.0957. The summed E-state index contributed by atoms with van der Waals surface area (Å²) in [7, 11) is 0. The second-order valence-corrected chi connectivity index (χ2v) is 6.10. The van der Waals surface area contributed by atoms with Gasteiger partial charge in [-0.1, -0.05) is 6.92 Å². The highest BCUT2D eigenvalue weighted by Crippen LogP contribution is 2.26. The van der Waals surface area contributed by atoms with Gasteiger partial charge in [0.05, 0.1) is 5.60 Å². The molecule has 0 aromatic rings. The number of rotatable bonds is 4. The third-order valence-electron chi connectivity index (χ3n) is 4.04. The lowest BCUT2D eigenvalue weighted by Crippen LogP contribution is -2.47. The predicted octanol–water partition coefficient (Wildman–Crippen LogP) is 1.53. The summed E-state index contributed by atoms with van der Waals surface area (Å²) >= 11 is 0. The third kappa shape index (κ3) is 3.19. The van der Waals surface area contributed by atoms with Crippen molar-refractivity contribution in [3.8, 4) is 0 Å². The van der Waals surface area contributed by atoms with Gasteiger partial charge in [-0.3, -0.25) is 0 Å². The Kier molecular flexibility index (Phi) is 3.88. The second-order valence-electron chi connectivity index (χ2n) is 6.10. The van der Waals surface area contributed by atoms with Crippen LogP contribution in [0.2, 0.25) is 0 Å². The molecular weight excluding hydrogens is 200 g/mol. The van der Waals surface area contributed by atoms with Crippen LogP contribution in [0.15, 0.2) is 0 Å². The molecule has 0 radical (unpaired) electrons. The molecule has 0 spiro atoms. The standard InChI is InChI=1S/C13H26N2O/c1-12(5-3-7-14-9-12)10-15-11-13(2)6-4-8-16-13/h14-15H,3-11H2,1-2H3. The highest BCUT2D eigenvalue weighted by Gasteiger charge is 2.31. The van der Waals surface area contributed by atoms with Crippen LogP contribution in [0.5, 0.6) is 0 Å². The van der Waals surface area contributed by atoms with Gasteiger partial charge in [-0.2, -0.15) is 0 Å². The molecule has 3 heteroatoms. The van der Waals surface area contributed by atoms with Gasteiger partial charge < -0.3 is 15.4 Å². The Hall–Kier alpha value is -0.120. The Morgan fingerprint density at radius 2 is 2.06 bits per heavy atom. The summed E-state index contributed by atoms with van der Waals surface area (Å²) in [5.74, 6) is 0. The molecule has 94 valence electrons. The van der Waals surface area contributed by atoms with Gasteiger partial charge in [0, 0.05) is 26.2 Å².